The van der Waals surface area contributed by atoms with Gasteiger partial charge in [-0.25, -0.2) is 0 Å². The normalized spacial score (nSPS) is 10.5. The van der Waals surface area contributed by atoms with Gasteiger partial charge in [0.15, 0.2) is 0 Å². The maximum atomic E-state index is 4.15. The fraction of sp³-hybridized carbons (Fsp3) is 0.526. The van der Waals surface area contributed by atoms with Crippen LogP contribution < -0.4 is 0 Å². The van der Waals surface area contributed by atoms with Gasteiger partial charge in [-0.2, -0.15) is 0 Å². The highest BCUT2D eigenvalue weighted by molar-refractivity contribution is 8.11. The van der Waals surface area contributed by atoms with E-state index in [4.69, 9.17) is 0 Å². The Balaban J connectivity index is 0. The van der Waals surface area contributed by atoms with Gasteiger partial charge in [0.25, 0.3) is 0 Å². The summed E-state index contributed by atoms with van der Waals surface area (Å²) in [5, 5.41) is 0. The van der Waals surface area contributed by atoms with E-state index in [9.17, 15) is 0 Å². The summed E-state index contributed by atoms with van der Waals surface area (Å²) in [6.45, 7) is 21.0. The van der Waals surface area contributed by atoms with E-state index in [0.29, 0.717) is 0 Å². The zero-order valence-corrected chi connectivity index (χ0v) is 16.0. The fourth-order valence-electron chi connectivity index (χ4n) is 1.33. The highest BCUT2D eigenvalue weighted by Crippen LogP contribution is 2.34. The van der Waals surface area contributed by atoms with Crippen molar-refractivity contribution in [2.45, 2.75) is 68.2 Å². The summed E-state index contributed by atoms with van der Waals surface area (Å²) in [4.78, 5) is 6.57. The van der Waals surface area contributed by atoms with E-state index < -0.39 is 0 Å². The highest BCUT2D eigenvalue weighted by atomic mass is 32.2. The average molecular weight is 308 g/mol. The molecular weight excluding hydrogens is 274 g/mol. The van der Waals surface area contributed by atoms with Crippen LogP contribution in [0.1, 0.15) is 72.4 Å². The molecule has 21 heavy (non-hydrogen) atoms. The van der Waals surface area contributed by atoms with E-state index in [1.54, 1.807) is 11.8 Å². The third-order valence-corrected chi connectivity index (χ3v) is 3.87. The molecule has 0 aliphatic carbocycles. The molecule has 120 valence electrons. The molecule has 1 rings (SSSR count). The third kappa shape index (κ3) is 9.52. The highest BCUT2D eigenvalue weighted by Gasteiger charge is 2.05. The Kier molecular flexibility index (Phi) is 14.8. The number of hydrogen-bond acceptors (Lipinski definition) is 2. The Morgan fingerprint density at radius 3 is 2.14 bits per heavy atom. The monoisotopic (exact) mass is 307 g/mol. The number of aryl methyl sites for hydroxylation is 1. The minimum atomic E-state index is 1.08. The number of aromatic nitrogens is 1. The molecule has 1 heterocycles. The van der Waals surface area contributed by atoms with Crippen LogP contribution in [0.4, 0.5) is 0 Å². The molecule has 0 atom stereocenters. The molecule has 0 aliphatic rings. The van der Waals surface area contributed by atoms with E-state index in [-0.39, 0.29) is 0 Å². The summed E-state index contributed by atoms with van der Waals surface area (Å²) < 4.78 is 0. The van der Waals surface area contributed by atoms with Crippen molar-refractivity contribution in [2.24, 2.45) is 0 Å². The molecule has 0 spiro atoms. The Morgan fingerprint density at radius 1 is 1.19 bits per heavy atom. The van der Waals surface area contributed by atoms with E-state index in [1.807, 2.05) is 32.3 Å². The van der Waals surface area contributed by atoms with Crippen molar-refractivity contribution in [3.63, 3.8) is 0 Å². The van der Waals surface area contributed by atoms with Crippen molar-refractivity contribution in [3.8, 4) is 0 Å². The Hall–Kier alpha value is -1.02. The molecule has 1 nitrogen and oxygen atoms in total. The van der Waals surface area contributed by atoms with Crippen LogP contribution in [0.15, 0.2) is 35.5 Å². The molecular formula is C19H33NS. The molecule has 0 aromatic carbocycles. The van der Waals surface area contributed by atoms with E-state index in [1.165, 1.54) is 22.5 Å². The molecule has 0 fully saturated rings. The predicted molar refractivity (Wildman–Crippen MR) is 102 cm³/mol. The van der Waals surface area contributed by atoms with Crippen molar-refractivity contribution in [2.75, 3.05) is 0 Å². The SMILES string of the molecule is C=C(S/C(C)=C(\C)CC)c1cnccc1C.CC.CCC. The zero-order valence-electron chi connectivity index (χ0n) is 15.2. The molecule has 0 bridgehead atoms. The number of thioether (sulfide) groups is 1. The quantitative estimate of drug-likeness (QED) is 0.581. The topological polar surface area (TPSA) is 12.9 Å². The van der Waals surface area contributed by atoms with Crippen molar-refractivity contribution >= 4 is 16.7 Å². The van der Waals surface area contributed by atoms with Gasteiger partial charge in [0, 0.05) is 22.9 Å². The lowest BCUT2D eigenvalue weighted by molar-refractivity contribution is 1.09. The minimum Gasteiger partial charge on any atom is -0.264 e. The number of rotatable bonds is 4. The van der Waals surface area contributed by atoms with Crippen LogP contribution in [0.5, 0.6) is 0 Å². The van der Waals surface area contributed by atoms with E-state index >= 15 is 0 Å². The molecule has 2 heteroatoms. The van der Waals surface area contributed by atoms with Gasteiger partial charge < -0.3 is 0 Å². The summed E-state index contributed by atoms with van der Waals surface area (Å²) in [6, 6.07) is 2.02. The predicted octanol–water partition coefficient (Wildman–Crippen LogP) is 7.24. The standard InChI is InChI=1S/C14H19NS.C3H8.C2H6/c1-6-10(2)12(4)16-13(5)14-9-15-8-7-11(14)3;1-3-2;1-2/h7-9H,5-6H2,1-4H3;3H2,1-2H3;1-2H3/b12-10+;;. The summed E-state index contributed by atoms with van der Waals surface area (Å²) in [5.74, 6) is 0. The smallest absolute Gasteiger partial charge is 0.0354 e. The lowest BCUT2D eigenvalue weighted by Gasteiger charge is -2.10. The number of pyridine rings is 1. The lowest BCUT2D eigenvalue weighted by Crippen LogP contribution is -1.87. The van der Waals surface area contributed by atoms with Crippen LogP contribution in [0.3, 0.4) is 0 Å². The first-order valence-electron chi connectivity index (χ1n) is 7.91. The Morgan fingerprint density at radius 2 is 1.71 bits per heavy atom. The number of allylic oxidation sites excluding steroid dienone is 2. The van der Waals surface area contributed by atoms with Gasteiger partial charge in [-0.1, -0.05) is 65.0 Å². The lowest BCUT2D eigenvalue weighted by atomic mass is 10.2. The van der Waals surface area contributed by atoms with Crippen molar-refractivity contribution in [1.82, 2.24) is 4.98 Å². The van der Waals surface area contributed by atoms with Crippen molar-refractivity contribution in [1.29, 1.82) is 0 Å². The van der Waals surface area contributed by atoms with Crippen LogP contribution in [0.2, 0.25) is 0 Å². The third-order valence-electron chi connectivity index (χ3n) is 2.75. The maximum Gasteiger partial charge on any atom is 0.0354 e. The fourth-order valence-corrected chi connectivity index (χ4v) is 2.34. The summed E-state index contributed by atoms with van der Waals surface area (Å²) >= 11 is 1.74. The Labute approximate surface area is 137 Å². The molecule has 0 saturated heterocycles. The number of hydrogen-bond donors (Lipinski definition) is 0. The first kappa shape index (κ1) is 22.3. The summed E-state index contributed by atoms with van der Waals surface area (Å²) in [6.07, 6.45) is 6.05. The van der Waals surface area contributed by atoms with Crippen LogP contribution >= 0.6 is 11.8 Å². The van der Waals surface area contributed by atoms with Crippen LogP contribution in [0.25, 0.3) is 4.91 Å². The van der Waals surface area contributed by atoms with Gasteiger partial charge >= 0.3 is 0 Å². The first-order valence-corrected chi connectivity index (χ1v) is 8.73. The minimum absolute atomic E-state index is 1.08. The van der Waals surface area contributed by atoms with E-state index in [0.717, 1.165) is 16.9 Å². The molecule has 0 aliphatic heterocycles. The second-order valence-corrected chi connectivity index (χ2v) is 5.92. The molecule has 0 amide bonds. The molecule has 0 N–H and O–H groups in total. The first-order chi connectivity index (χ1) is 9.97. The molecule has 0 radical (unpaired) electrons. The van der Waals surface area contributed by atoms with Gasteiger partial charge in [-0.15, -0.1) is 0 Å². The van der Waals surface area contributed by atoms with Crippen LogP contribution in [-0.4, -0.2) is 4.98 Å². The van der Waals surface area contributed by atoms with Gasteiger partial charge in [0.2, 0.25) is 0 Å². The zero-order chi connectivity index (χ0) is 16.8. The van der Waals surface area contributed by atoms with Crippen molar-refractivity contribution < 1.29 is 0 Å². The summed E-state index contributed by atoms with van der Waals surface area (Å²) in [7, 11) is 0. The summed E-state index contributed by atoms with van der Waals surface area (Å²) in [5.41, 5.74) is 3.80. The number of nitrogens with zero attached hydrogens (tertiary/aromatic N) is 1. The van der Waals surface area contributed by atoms with Gasteiger partial charge in [0.05, 0.1) is 0 Å². The second-order valence-electron chi connectivity index (χ2n) is 4.61. The van der Waals surface area contributed by atoms with Crippen LogP contribution in [-0.2, 0) is 0 Å². The van der Waals surface area contributed by atoms with Gasteiger partial charge in [0.1, 0.15) is 0 Å². The molecule has 0 unspecified atom stereocenters. The largest absolute Gasteiger partial charge is 0.264 e. The Bertz CT molecular complexity index is 433. The molecule has 1 aromatic rings. The molecule has 1 aromatic heterocycles. The van der Waals surface area contributed by atoms with Gasteiger partial charge in [-0.3, -0.25) is 4.98 Å². The van der Waals surface area contributed by atoms with Gasteiger partial charge in [-0.05, 0) is 43.7 Å². The maximum absolute atomic E-state index is 4.15. The van der Waals surface area contributed by atoms with Crippen LogP contribution in [0, 0.1) is 6.92 Å². The van der Waals surface area contributed by atoms with E-state index in [2.05, 4.69) is 53.1 Å². The second kappa shape index (κ2) is 13.9. The average Bonchev–Trinajstić information content (AvgIpc) is 2.49. The molecule has 0 saturated carbocycles. The van der Waals surface area contributed by atoms with Crippen molar-refractivity contribution in [3.05, 3.63) is 46.6 Å².